The molecule has 1 aromatic rings. The molecule has 0 aliphatic heterocycles. The van der Waals surface area contributed by atoms with E-state index in [1.807, 2.05) is 6.92 Å². The molecular weight excluding hydrogens is 340 g/mol. The van der Waals surface area contributed by atoms with E-state index in [4.69, 9.17) is 0 Å². The van der Waals surface area contributed by atoms with Gasteiger partial charge in [0.1, 0.15) is 5.75 Å². The van der Waals surface area contributed by atoms with Gasteiger partial charge in [-0.2, -0.15) is 0 Å². The van der Waals surface area contributed by atoms with E-state index in [9.17, 15) is 5.11 Å². The van der Waals surface area contributed by atoms with Crippen molar-refractivity contribution < 1.29 is 5.11 Å². The lowest BCUT2D eigenvalue weighted by Crippen LogP contribution is -1.80. The Kier molecular flexibility index (Phi) is 3.00. The molecule has 0 atom stereocenters. The quantitative estimate of drug-likeness (QED) is 0.706. The van der Waals surface area contributed by atoms with Crippen LogP contribution < -0.4 is 0 Å². The second-order valence-corrected chi connectivity index (χ2v) is 4.63. The zero-order valence-corrected chi connectivity index (χ0v) is 10.4. The minimum absolute atomic E-state index is 0.278. The lowest BCUT2D eigenvalue weighted by Gasteiger charge is -2.05. The number of hydrogen-bond acceptors (Lipinski definition) is 1. The molecule has 0 radical (unpaired) electrons. The molecule has 1 N–H and O–H groups in total. The summed E-state index contributed by atoms with van der Waals surface area (Å²) in [6.07, 6.45) is 0. The van der Waals surface area contributed by atoms with Crippen LogP contribution in [0.25, 0.3) is 0 Å². The van der Waals surface area contributed by atoms with E-state index < -0.39 is 0 Å². The summed E-state index contributed by atoms with van der Waals surface area (Å²) in [6.45, 7) is 1.84. The third-order valence-corrected chi connectivity index (χ3v) is 4.16. The summed E-state index contributed by atoms with van der Waals surface area (Å²) < 4.78 is 2.52. The molecule has 60 valence electrons. The van der Waals surface area contributed by atoms with Crippen molar-refractivity contribution >= 4 is 47.8 Å². The van der Waals surface area contributed by atoms with Crippen LogP contribution in [-0.2, 0) is 0 Å². The average molecular weight is 345 g/mol. The van der Waals surface area contributed by atoms with E-state index in [1.165, 1.54) is 0 Å². The van der Waals surface area contributed by atoms with Gasteiger partial charge in [0.05, 0.1) is 4.47 Å². The summed E-state index contributed by atoms with van der Waals surface area (Å²) >= 11 is 9.91. The number of phenolic OH excluding ortho intramolecular Hbond substituents is 1. The summed E-state index contributed by atoms with van der Waals surface area (Å²) in [4.78, 5) is 0. The molecule has 0 unspecified atom stereocenters. The van der Waals surface area contributed by atoms with Gasteiger partial charge in [-0.05, 0) is 60.8 Å². The zero-order valence-electron chi connectivity index (χ0n) is 5.66. The van der Waals surface area contributed by atoms with E-state index in [0.717, 1.165) is 14.5 Å². The van der Waals surface area contributed by atoms with E-state index in [0.29, 0.717) is 4.47 Å². The second kappa shape index (κ2) is 3.46. The molecule has 11 heavy (non-hydrogen) atoms. The van der Waals surface area contributed by atoms with Gasteiger partial charge >= 0.3 is 0 Å². The summed E-state index contributed by atoms with van der Waals surface area (Å²) in [6, 6.07) is 1.80. The fourth-order valence-corrected chi connectivity index (χ4v) is 2.37. The van der Waals surface area contributed by atoms with E-state index >= 15 is 0 Å². The maximum absolute atomic E-state index is 9.41. The monoisotopic (exact) mass is 342 g/mol. The maximum Gasteiger partial charge on any atom is 0.133 e. The van der Waals surface area contributed by atoms with Gasteiger partial charge in [-0.1, -0.05) is 0 Å². The number of halogens is 3. The first-order valence-corrected chi connectivity index (χ1v) is 5.25. The highest BCUT2D eigenvalue weighted by Gasteiger charge is 2.08. The zero-order chi connectivity index (χ0) is 8.59. The third kappa shape index (κ3) is 1.79. The summed E-state index contributed by atoms with van der Waals surface area (Å²) in [5, 5.41) is 9.41. The smallest absolute Gasteiger partial charge is 0.133 e. The van der Waals surface area contributed by atoms with Crippen LogP contribution in [0, 0.1) is 6.92 Å². The van der Waals surface area contributed by atoms with Gasteiger partial charge in [-0.15, -0.1) is 0 Å². The van der Waals surface area contributed by atoms with Crippen LogP contribution >= 0.6 is 47.8 Å². The van der Waals surface area contributed by atoms with Gasteiger partial charge < -0.3 is 5.11 Å². The van der Waals surface area contributed by atoms with Crippen LogP contribution in [-0.4, -0.2) is 5.11 Å². The topological polar surface area (TPSA) is 20.2 Å². The van der Waals surface area contributed by atoms with Gasteiger partial charge in [0.15, 0.2) is 0 Å². The van der Waals surface area contributed by atoms with Crippen LogP contribution in [0.4, 0.5) is 0 Å². The standard InChI is InChI=1S/C7H5Br3O/c1-3-6(10)4(8)2-5(9)7(3)11/h2,11H,1H3. The summed E-state index contributed by atoms with van der Waals surface area (Å²) in [5.41, 5.74) is 0.825. The fourth-order valence-electron chi connectivity index (χ4n) is 0.705. The number of hydrogen-bond donors (Lipinski definition) is 1. The Morgan fingerprint density at radius 2 is 1.73 bits per heavy atom. The van der Waals surface area contributed by atoms with Gasteiger partial charge in [0.2, 0.25) is 0 Å². The van der Waals surface area contributed by atoms with Gasteiger partial charge in [0.25, 0.3) is 0 Å². The largest absolute Gasteiger partial charge is 0.506 e. The Bertz CT molecular complexity index is 270. The average Bonchev–Trinajstić information content (AvgIpc) is 1.97. The van der Waals surface area contributed by atoms with Crippen molar-refractivity contribution in [3.05, 3.63) is 25.0 Å². The van der Waals surface area contributed by atoms with Crippen molar-refractivity contribution in [2.75, 3.05) is 0 Å². The molecule has 1 nitrogen and oxygen atoms in total. The Hall–Kier alpha value is 0.460. The fraction of sp³-hybridized carbons (Fsp3) is 0.143. The number of phenols is 1. The van der Waals surface area contributed by atoms with Crippen LogP contribution in [0.1, 0.15) is 5.56 Å². The van der Waals surface area contributed by atoms with Gasteiger partial charge in [-0.25, -0.2) is 0 Å². The van der Waals surface area contributed by atoms with Gasteiger partial charge in [0, 0.05) is 14.5 Å². The second-order valence-electron chi connectivity index (χ2n) is 2.13. The summed E-state index contributed by atoms with van der Waals surface area (Å²) in [7, 11) is 0. The predicted octanol–water partition coefficient (Wildman–Crippen LogP) is 3.99. The molecule has 0 saturated carbocycles. The number of benzene rings is 1. The van der Waals surface area contributed by atoms with E-state index in [1.54, 1.807) is 6.07 Å². The van der Waals surface area contributed by atoms with Crippen LogP contribution in [0.2, 0.25) is 0 Å². The maximum atomic E-state index is 9.41. The highest BCUT2D eigenvalue weighted by Crippen LogP contribution is 2.37. The predicted molar refractivity (Wildman–Crippen MR) is 55.9 cm³/mol. The van der Waals surface area contributed by atoms with E-state index in [-0.39, 0.29) is 5.75 Å². The molecule has 0 aliphatic carbocycles. The lowest BCUT2D eigenvalue weighted by molar-refractivity contribution is 0.467. The van der Waals surface area contributed by atoms with Crippen LogP contribution in [0.3, 0.4) is 0 Å². The first-order valence-electron chi connectivity index (χ1n) is 2.87. The molecule has 0 bridgehead atoms. The Morgan fingerprint density at radius 3 is 2.27 bits per heavy atom. The molecule has 0 spiro atoms. The third-order valence-electron chi connectivity index (χ3n) is 1.37. The molecule has 0 amide bonds. The SMILES string of the molecule is Cc1c(O)c(Br)cc(Br)c1Br. The Labute approximate surface area is 90.2 Å². The van der Waals surface area contributed by atoms with Crippen LogP contribution in [0.5, 0.6) is 5.75 Å². The van der Waals surface area contributed by atoms with E-state index in [2.05, 4.69) is 47.8 Å². The first-order chi connectivity index (χ1) is 5.04. The van der Waals surface area contributed by atoms with Crippen molar-refractivity contribution in [3.8, 4) is 5.75 Å². The molecule has 0 aromatic heterocycles. The highest BCUT2D eigenvalue weighted by molar-refractivity contribution is 9.13. The molecule has 0 aliphatic rings. The molecule has 1 rings (SSSR count). The minimum atomic E-state index is 0.278. The lowest BCUT2D eigenvalue weighted by atomic mass is 10.2. The van der Waals surface area contributed by atoms with Crippen molar-refractivity contribution in [1.29, 1.82) is 0 Å². The van der Waals surface area contributed by atoms with Crippen LogP contribution in [0.15, 0.2) is 19.5 Å². The number of aromatic hydroxyl groups is 1. The number of rotatable bonds is 0. The highest BCUT2D eigenvalue weighted by atomic mass is 79.9. The normalized spacial score (nSPS) is 10.2. The Balaban J connectivity index is 3.46. The van der Waals surface area contributed by atoms with Crippen molar-refractivity contribution in [1.82, 2.24) is 0 Å². The first kappa shape index (κ1) is 9.55. The molecular formula is C7H5Br3O. The molecule has 0 fully saturated rings. The minimum Gasteiger partial charge on any atom is -0.506 e. The van der Waals surface area contributed by atoms with Crippen molar-refractivity contribution in [2.45, 2.75) is 6.92 Å². The molecule has 4 heteroatoms. The molecule has 0 saturated heterocycles. The summed E-state index contributed by atoms with van der Waals surface area (Å²) in [5.74, 6) is 0.278. The Morgan fingerprint density at radius 1 is 1.18 bits per heavy atom. The van der Waals surface area contributed by atoms with Gasteiger partial charge in [-0.3, -0.25) is 0 Å². The molecule has 0 heterocycles. The van der Waals surface area contributed by atoms with Crippen molar-refractivity contribution in [3.63, 3.8) is 0 Å². The molecule has 1 aromatic carbocycles. The van der Waals surface area contributed by atoms with Crippen molar-refractivity contribution in [2.24, 2.45) is 0 Å².